The Bertz CT molecular complexity index is 248. The third-order valence-electron chi connectivity index (χ3n) is 3.90. The minimum absolute atomic E-state index is 0.0579. The lowest BCUT2D eigenvalue weighted by Gasteiger charge is -2.27. The molecule has 0 bridgehead atoms. The summed E-state index contributed by atoms with van der Waals surface area (Å²) >= 11 is 0. The molecule has 1 saturated heterocycles. The number of carbonyl (C=O) groups is 1. The zero-order valence-electron chi connectivity index (χ0n) is 7.25. The third kappa shape index (κ3) is 0.650. The number of rotatable bonds is 0. The first kappa shape index (κ1) is 6.96. The standard InChI is InChI=1S/C10H13O2/c1-10-5-4-7-9(12-7)6(10)2-3-8(10)11/h3,6-7,9H,2,4-5H2,1H3/q+1/t6?,7-,9+,10-/m0/s1. The third-order valence-corrected chi connectivity index (χ3v) is 3.90. The van der Waals surface area contributed by atoms with Gasteiger partial charge in [-0.05, 0) is 19.8 Å². The number of ether oxygens (including phenoxy) is 1. The van der Waals surface area contributed by atoms with Crippen LogP contribution in [0.4, 0.5) is 0 Å². The second-order valence-electron chi connectivity index (χ2n) is 4.51. The van der Waals surface area contributed by atoms with Gasteiger partial charge in [0.15, 0.2) is 0 Å². The van der Waals surface area contributed by atoms with Gasteiger partial charge in [-0.15, -0.1) is 0 Å². The largest absolute Gasteiger partial charge is 0.369 e. The molecule has 2 saturated carbocycles. The average molecular weight is 165 g/mol. The van der Waals surface area contributed by atoms with Gasteiger partial charge in [0.25, 0.3) is 0 Å². The zero-order chi connectivity index (χ0) is 8.34. The minimum Gasteiger partial charge on any atom is -0.369 e. The molecule has 0 N–H and O–H groups in total. The molecule has 2 heteroatoms. The summed E-state index contributed by atoms with van der Waals surface area (Å²) in [4.78, 5) is 11.6. The summed E-state index contributed by atoms with van der Waals surface area (Å²) in [6, 6.07) is 0. The van der Waals surface area contributed by atoms with Crippen molar-refractivity contribution in [2.24, 2.45) is 11.3 Å². The maximum Gasteiger partial charge on any atom is 0.312 e. The Morgan fingerprint density at radius 3 is 3.33 bits per heavy atom. The van der Waals surface area contributed by atoms with Gasteiger partial charge in [-0.3, -0.25) is 0 Å². The van der Waals surface area contributed by atoms with Gasteiger partial charge >= 0.3 is 5.78 Å². The van der Waals surface area contributed by atoms with Gasteiger partial charge in [0.1, 0.15) is 12.8 Å². The molecule has 0 radical (unpaired) electrons. The molecule has 0 aromatic rings. The van der Waals surface area contributed by atoms with Gasteiger partial charge in [-0.2, -0.15) is 0 Å². The minimum atomic E-state index is -0.0579. The van der Waals surface area contributed by atoms with Crippen LogP contribution in [-0.2, 0) is 9.53 Å². The molecule has 64 valence electrons. The van der Waals surface area contributed by atoms with Crippen LogP contribution >= 0.6 is 0 Å². The molecule has 3 rings (SSSR count). The molecule has 1 heterocycles. The van der Waals surface area contributed by atoms with E-state index in [4.69, 9.17) is 4.74 Å². The van der Waals surface area contributed by atoms with E-state index < -0.39 is 0 Å². The average Bonchev–Trinajstić information content (AvgIpc) is 2.76. The second kappa shape index (κ2) is 1.87. The van der Waals surface area contributed by atoms with Crippen LogP contribution in [0.5, 0.6) is 0 Å². The Kier molecular flexibility index (Phi) is 1.09. The summed E-state index contributed by atoms with van der Waals surface area (Å²) in [7, 11) is 0. The van der Waals surface area contributed by atoms with Crippen molar-refractivity contribution in [3.63, 3.8) is 0 Å². The van der Waals surface area contributed by atoms with Crippen LogP contribution in [0.25, 0.3) is 0 Å². The van der Waals surface area contributed by atoms with E-state index in [1.807, 2.05) is 6.42 Å². The van der Waals surface area contributed by atoms with Gasteiger partial charge in [-0.25, -0.2) is 4.79 Å². The van der Waals surface area contributed by atoms with Crippen molar-refractivity contribution < 1.29 is 9.53 Å². The molecule has 1 aliphatic heterocycles. The number of ketones is 1. The van der Waals surface area contributed by atoms with E-state index in [2.05, 4.69) is 6.92 Å². The number of hydrogen-bond acceptors (Lipinski definition) is 2. The maximum atomic E-state index is 11.6. The summed E-state index contributed by atoms with van der Waals surface area (Å²) in [6.45, 7) is 2.11. The van der Waals surface area contributed by atoms with Gasteiger partial charge in [0.2, 0.25) is 0 Å². The summed E-state index contributed by atoms with van der Waals surface area (Å²) < 4.78 is 5.53. The van der Waals surface area contributed by atoms with Gasteiger partial charge in [-0.1, -0.05) is 0 Å². The van der Waals surface area contributed by atoms with Crippen LogP contribution in [0.1, 0.15) is 26.2 Å². The molecule has 2 aliphatic carbocycles. The van der Waals surface area contributed by atoms with Crippen molar-refractivity contribution in [3.05, 3.63) is 6.42 Å². The van der Waals surface area contributed by atoms with E-state index in [-0.39, 0.29) is 5.41 Å². The normalized spacial score (nSPS) is 55.8. The molecule has 3 fully saturated rings. The molecule has 0 amide bonds. The monoisotopic (exact) mass is 165 g/mol. The van der Waals surface area contributed by atoms with Gasteiger partial charge < -0.3 is 4.74 Å². The number of fused-ring (bicyclic) bond motifs is 3. The fraction of sp³-hybridized carbons (Fsp3) is 0.800. The summed E-state index contributed by atoms with van der Waals surface area (Å²) in [6.07, 6.45) is 5.88. The Balaban J connectivity index is 1.96. The van der Waals surface area contributed by atoms with E-state index in [1.54, 1.807) is 0 Å². The van der Waals surface area contributed by atoms with E-state index in [0.717, 1.165) is 19.3 Å². The van der Waals surface area contributed by atoms with Crippen LogP contribution < -0.4 is 0 Å². The van der Waals surface area contributed by atoms with Crippen molar-refractivity contribution in [1.82, 2.24) is 0 Å². The molecule has 12 heavy (non-hydrogen) atoms. The van der Waals surface area contributed by atoms with Crippen molar-refractivity contribution in [3.8, 4) is 0 Å². The molecular weight excluding hydrogens is 152 g/mol. The topological polar surface area (TPSA) is 29.6 Å². The van der Waals surface area contributed by atoms with Crippen LogP contribution in [0.2, 0.25) is 0 Å². The summed E-state index contributed by atoms with van der Waals surface area (Å²) in [5, 5.41) is 0. The lowest BCUT2D eigenvalue weighted by Crippen LogP contribution is -2.36. The Labute approximate surface area is 72.3 Å². The molecule has 0 aromatic carbocycles. The Morgan fingerprint density at radius 1 is 1.67 bits per heavy atom. The molecular formula is C10H13O2+. The first-order valence-corrected chi connectivity index (χ1v) is 4.75. The van der Waals surface area contributed by atoms with Gasteiger partial charge in [0, 0.05) is 5.92 Å². The van der Waals surface area contributed by atoms with Crippen molar-refractivity contribution in [2.45, 2.75) is 38.4 Å². The SMILES string of the molecule is C[C@]12CC[C@@H]3O[C@@H]3C1C[CH+]C2=O. The molecule has 0 aromatic heterocycles. The zero-order valence-corrected chi connectivity index (χ0v) is 7.25. The Hall–Kier alpha value is -0.500. The van der Waals surface area contributed by atoms with Crippen molar-refractivity contribution in [2.75, 3.05) is 0 Å². The smallest absolute Gasteiger partial charge is 0.312 e. The predicted octanol–water partition coefficient (Wildman–Crippen LogP) is 1.35. The van der Waals surface area contributed by atoms with Crippen molar-refractivity contribution >= 4 is 5.78 Å². The first-order valence-electron chi connectivity index (χ1n) is 4.75. The molecule has 0 spiro atoms. The van der Waals surface area contributed by atoms with E-state index in [1.165, 1.54) is 0 Å². The summed E-state index contributed by atoms with van der Waals surface area (Å²) in [5.74, 6) is 0.866. The second-order valence-corrected chi connectivity index (χ2v) is 4.51. The van der Waals surface area contributed by atoms with Crippen LogP contribution in [0.3, 0.4) is 0 Å². The van der Waals surface area contributed by atoms with E-state index >= 15 is 0 Å². The van der Waals surface area contributed by atoms with Gasteiger partial charge in [0.05, 0.1) is 17.6 Å². The highest BCUT2D eigenvalue weighted by molar-refractivity contribution is 5.95. The molecule has 4 atom stereocenters. The van der Waals surface area contributed by atoms with E-state index in [9.17, 15) is 4.79 Å². The van der Waals surface area contributed by atoms with Crippen molar-refractivity contribution in [1.29, 1.82) is 0 Å². The van der Waals surface area contributed by atoms with Crippen LogP contribution in [0.15, 0.2) is 0 Å². The van der Waals surface area contributed by atoms with Crippen LogP contribution in [-0.4, -0.2) is 18.0 Å². The first-order chi connectivity index (χ1) is 5.72. The van der Waals surface area contributed by atoms with Crippen LogP contribution in [0, 0.1) is 17.8 Å². The maximum absolute atomic E-state index is 11.6. The number of carbonyl (C=O) groups excluding carboxylic acids is 1. The number of hydrogen-bond donors (Lipinski definition) is 0. The number of Topliss-reactive ketones (excluding diaryl/α,β-unsaturated/α-hetero) is 1. The highest BCUT2D eigenvalue weighted by atomic mass is 16.6. The molecule has 3 aliphatic rings. The fourth-order valence-corrected chi connectivity index (χ4v) is 2.90. The lowest BCUT2D eigenvalue weighted by molar-refractivity contribution is -0.125. The Morgan fingerprint density at radius 2 is 2.50 bits per heavy atom. The quantitative estimate of drug-likeness (QED) is 0.400. The lowest BCUT2D eigenvalue weighted by atomic mass is 9.69. The highest BCUT2D eigenvalue weighted by Crippen LogP contribution is 2.56. The predicted molar refractivity (Wildman–Crippen MR) is 43.4 cm³/mol. The summed E-state index contributed by atoms with van der Waals surface area (Å²) in [5.41, 5.74) is -0.0579. The molecule has 2 nitrogen and oxygen atoms in total. The molecule has 1 unspecified atom stereocenters. The number of epoxide rings is 1. The highest BCUT2D eigenvalue weighted by Gasteiger charge is 2.65. The van der Waals surface area contributed by atoms with E-state index in [0.29, 0.717) is 23.9 Å². The fourth-order valence-electron chi connectivity index (χ4n) is 2.90.